The van der Waals surface area contributed by atoms with E-state index in [0.29, 0.717) is 27.5 Å². The van der Waals surface area contributed by atoms with Crippen LogP contribution in [0, 0.1) is 12.8 Å². The molecule has 3 N–H and O–H groups in total. The van der Waals surface area contributed by atoms with Crippen LogP contribution in [0.25, 0.3) is 0 Å². The van der Waals surface area contributed by atoms with E-state index in [9.17, 15) is 9.59 Å². The average Bonchev–Trinajstić information content (AvgIpc) is 3.33. The molecule has 2 aromatic heterocycles. The van der Waals surface area contributed by atoms with Gasteiger partial charge in [0.1, 0.15) is 10.8 Å². The fourth-order valence-electron chi connectivity index (χ4n) is 4.13. The van der Waals surface area contributed by atoms with Crippen molar-refractivity contribution in [2.45, 2.75) is 51.3 Å². The zero-order valence-electron chi connectivity index (χ0n) is 19.8. The number of anilines is 1. The van der Waals surface area contributed by atoms with Crippen molar-refractivity contribution < 1.29 is 14.3 Å². The third-order valence-electron chi connectivity index (χ3n) is 5.97. The summed E-state index contributed by atoms with van der Waals surface area (Å²) >= 11 is 2.75. The molecule has 1 aliphatic rings. The molecule has 0 saturated carbocycles. The topological polar surface area (TPSA) is 112 Å². The molecule has 2 unspecified atom stereocenters. The Labute approximate surface area is 207 Å². The molecule has 180 valence electrons. The van der Waals surface area contributed by atoms with Crippen LogP contribution >= 0.6 is 23.1 Å². The normalized spacial score (nSPS) is 16.1. The van der Waals surface area contributed by atoms with E-state index in [1.807, 2.05) is 49.7 Å². The van der Waals surface area contributed by atoms with Crippen LogP contribution in [-0.4, -0.2) is 32.3 Å². The molecule has 0 fully saturated rings. The van der Waals surface area contributed by atoms with Crippen molar-refractivity contribution in [2.75, 3.05) is 11.1 Å². The standard InChI is InChI=1S/C24H29N5O3S2/c1-13-9-10-16-18(11-13)34-23(20(16)21(25)31)26-19(30)12-33-24-28-27-22(29(24)4)15(3)32-17-8-6-5-7-14(17)2/h5-8,13,15H,9-12H2,1-4H3,(H2,25,31)(H,26,30). The lowest BCUT2D eigenvalue weighted by Crippen LogP contribution is -2.20. The molecule has 3 aromatic rings. The van der Waals surface area contributed by atoms with Crippen LogP contribution in [0.1, 0.15) is 58.6 Å². The van der Waals surface area contributed by atoms with Crippen molar-refractivity contribution in [2.24, 2.45) is 18.7 Å². The number of rotatable bonds is 8. The Morgan fingerprint density at radius 2 is 2.12 bits per heavy atom. The minimum atomic E-state index is -0.490. The van der Waals surface area contributed by atoms with Gasteiger partial charge < -0.3 is 20.4 Å². The van der Waals surface area contributed by atoms with Gasteiger partial charge in [-0.2, -0.15) is 0 Å². The van der Waals surface area contributed by atoms with Gasteiger partial charge in [0, 0.05) is 11.9 Å². The third kappa shape index (κ3) is 5.12. The van der Waals surface area contributed by atoms with Crippen molar-refractivity contribution in [3.8, 4) is 5.75 Å². The summed E-state index contributed by atoms with van der Waals surface area (Å²) in [6.07, 6.45) is 2.45. The van der Waals surface area contributed by atoms with Crippen molar-refractivity contribution in [3.63, 3.8) is 0 Å². The van der Waals surface area contributed by atoms with Crippen LogP contribution < -0.4 is 15.8 Å². The van der Waals surface area contributed by atoms with Crippen LogP contribution in [0.3, 0.4) is 0 Å². The van der Waals surface area contributed by atoms with Gasteiger partial charge in [0.2, 0.25) is 5.91 Å². The first kappa shape index (κ1) is 24.3. The lowest BCUT2D eigenvalue weighted by molar-refractivity contribution is -0.113. The Kier molecular flexibility index (Phi) is 7.27. The number of aryl methyl sites for hydroxylation is 1. The fourth-order valence-corrected chi connectivity index (χ4v) is 6.28. The number of carbonyl (C=O) groups is 2. The van der Waals surface area contributed by atoms with E-state index in [1.165, 1.54) is 23.1 Å². The number of fused-ring (bicyclic) bond motifs is 1. The highest BCUT2D eigenvalue weighted by atomic mass is 32.2. The quantitative estimate of drug-likeness (QED) is 0.448. The predicted octanol–water partition coefficient (Wildman–Crippen LogP) is 4.28. The van der Waals surface area contributed by atoms with E-state index in [4.69, 9.17) is 10.5 Å². The summed E-state index contributed by atoms with van der Waals surface area (Å²) in [6.45, 7) is 6.11. The number of aromatic nitrogens is 3. The predicted molar refractivity (Wildman–Crippen MR) is 135 cm³/mol. The summed E-state index contributed by atoms with van der Waals surface area (Å²) < 4.78 is 7.89. The number of para-hydroxylation sites is 1. The molecular formula is C24H29N5O3S2. The minimum absolute atomic E-state index is 0.135. The number of nitrogens with two attached hydrogens (primary N) is 1. The number of carbonyl (C=O) groups excluding carboxylic acids is 2. The maximum Gasteiger partial charge on any atom is 0.251 e. The fraction of sp³-hybridized carbons (Fsp3) is 0.417. The summed E-state index contributed by atoms with van der Waals surface area (Å²) in [5, 5.41) is 12.6. The van der Waals surface area contributed by atoms with Crippen molar-refractivity contribution in [3.05, 3.63) is 51.7 Å². The lowest BCUT2D eigenvalue weighted by Gasteiger charge is -2.18. The van der Waals surface area contributed by atoms with E-state index < -0.39 is 5.91 Å². The van der Waals surface area contributed by atoms with Gasteiger partial charge in [-0.3, -0.25) is 9.59 Å². The Morgan fingerprint density at radius 3 is 2.85 bits per heavy atom. The van der Waals surface area contributed by atoms with Crippen molar-refractivity contribution in [1.82, 2.24) is 14.8 Å². The second kappa shape index (κ2) is 10.2. The molecule has 0 radical (unpaired) electrons. The van der Waals surface area contributed by atoms with E-state index in [1.54, 1.807) is 0 Å². The number of primary amides is 1. The van der Waals surface area contributed by atoms with Crippen LogP contribution in [0.5, 0.6) is 5.75 Å². The molecule has 1 aliphatic carbocycles. The Balaban J connectivity index is 1.40. The maximum atomic E-state index is 12.7. The molecule has 0 saturated heterocycles. The van der Waals surface area contributed by atoms with E-state index in [0.717, 1.165) is 41.0 Å². The van der Waals surface area contributed by atoms with E-state index in [2.05, 4.69) is 22.4 Å². The number of nitrogens with zero attached hydrogens (tertiary/aromatic N) is 3. The Hall–Kier alpha value is -2.85. The number of hydrogen-bond donors (Lipinski definition) is 2. The second-order valence-electron chi connectivity index (χ2n) is 8.68. The van der Waals surface area contributed by atoms with Crippen molar-refractivity contribution in [1.29, 1.82) is 0 Å². The summed E-state index contributed by atoms with van der Waals surface area (Å²) in [5.41, 5.74) is 8.16. The first-order valence-corrected chi connectivity index (χ1v) is 13.0. The molecule has 1 aromatic carbocycles. The van der Waals surface area contributed by atoms with E-state index >= 15 is 0 Å². The van der Waals surface area contributed by atoms with Crippen LogP contribution in [0.2, 0.25) is 0 Å². The first-order valence-electron chi connectivity index (χ1n) is 11.2. The van der Waals surface area contributed by atoms with E-state index in [-0.39, 0.29) is 17.8 Å². The maximum absolute atomic E-state index is 12.7. The second-order valence-corrected chi connectivity index (χ2v) is 10.7. The average molecular weight is 500 g/mol. The van der Waals surface area contributed by atoms with Gasteiger partial charge in [0.05, 0.1) is 11.3 Å². The highest BCUT2D eigenvalue weighted by Crippen LogP contribution is 2.39. The van der Waals surface area contributed by atoms with Gasteiger partial charge in [-0.1, -0.05) is 36.9 Å². The first-order chi connectivity index (χ1) is 16.2. The highest BCUT2D eigenvalue weighted by molar-refractivity contribution is 7.99. The summed E-state index contributed by atoms with van der Waals surface area (Å²) in [5.74, 6) is 1.46. The number of nitrogens with one attached hydrogen (secondary N) is 1. The summed E-state index contributed by atoms with van der Waals surface area (Å²) in [7, 11) is 1.85. The smallest absolute Gasteiger partial charge is 0.251 e. The van der Waals surface area contributed by atoms with Gasteiger partial charge >= 0.3 is 0 Å². The molecule has 0 spiro atoms. The number of thioether (sulfide) groups is 1. The number of hydrogen-bond acceptors (Lipinski definition) is 7. The molecule has 10 heteroatoms. The molecule has 0 aliphatic heterocycles. The van der Waals surface area contributed by atoms with Crippen molar-refractivity contribution >= 4 is 39.9 Å². The van der Waals surface area contributed by atoms with Gasteiger partial charge in [0.15, 0.2) is 17.1 Å². The number of thiophene rings is 1. The minimum Gasteiger partial charge on any atom is -0.482 e. The van der Waals surface area contributed by atoms with Crippen LogP contribution in [0.15, 0.2) is 29.4 Å². The number of benzene rings is 1. The summed E-state index contributed by atoms with van der Waals surface area (Å²) in [6, 6.07) is 7.81. The van der Waals surface area contributed by atoms with Gasteiger partial charge in [-0.25, -0.2) is 0 Å². The Bertz CT molecular complexity index is 1220. The third-order valence-corrected chi connectivity index (χ3v) is 8.16. The molecule has 2 atom stereocenters. The molecule has 34 heavy (non-hydrogen) atoms. The monoisotopic (exact) mass is 499 g/mol. The highest BCUT2D eigenvalue weighted by Gasteiger charge is 2.27. The summed E-state index contributed by atoms with van der Waals surface area (Å²) in [4.78, 5) is 26.0. The molecule has 4 rings (SSSR count). The van der Waals surface area contributed by atoms with Crippen LogP contribution in [-0.2, 0) is 24.7 Å². The zero-order chi connectivity index (χ0) is 24.4. The molecular weight excluding hydrogens is 470 g/mol. The van der Waals surface area contributed by atoms with Gasteiger partial charge in [0.25, 0.3) is 5.91 Å². The van der Waals surface area contributed by atoms with Gasteiger partial charge in [-0.15, -0.1) is 21.5 Å². The molecule has 0 bridgehead atoms. The zero-order valence-corrected chi connectivity index (χ0v) is 21.4. The SMILES string of the molecule is Cc1ccccc1OC(C)c1nnc(SCC(=O)Nc2sc3c(c2C(N)=O)CCC(C)C3)n1C. The molecule has 2 amide bonds. The molecule has 2 heterocycles. The largest absolute Gasteiger partial charge is 0.482 e. The number of ether oxygens (including phenoxy) is 1. The van der Waals surface area contributed by atoms with Crippen LogP contribution in [0.4, 0.5) is 5.00 Å². The lowest BCUT2D eigenvalue weighted by atomic mass is 9.88. The molecule has 8 nitrogen and oxygen atoms in total. The number of amides is 2. The van der Waals surface area contributed by atoms with Gasteiger partial charge in [-0.05, 0) is 56.2 Å². The Morgan fingerprint density at radius 1 is 1.35 bits per heavy atom.